The van der Waals surface area contributed by atoms with Gasteiger partial charge in [0.05, 0.1) is 11.6 Å². The molecule has 0 unspecified atom stereocenters. The first-order valence-electron chi connectivity index (χ1n) is 9.39. The summed E-state index contributed by atoms with van der Waals surface area (Å²) in [4.78, 5) is 30.0. The standard InChI is InChI=1S/C21H25N3O2.ClH/c1-3-18-16(8-9-19(25)23-18)21(26)24-12-14-10-22-11-17(14)20(24)15-7-5-4-6-13(15)2;/h4-9,14,17,20,22H,3,10-12H2,1-2H3,(H,23,25);1H/t14-,17-,20+;/m0./s1. The number of rotatable bonds is 3. The highest BCUT2D eigenvalue weighted by Crippen LogP contribution is 2.44. The minimum atomic E-state index is -0.156. The molecule has 3 atom stereocenters. The van der Waals surface area contributed by atoms with Gasteiger partial charge >= 0.3 is 0 Å². The summed E-state index contributed by atoms with van der Waals surface area (Å²) in [6.07, 6.45) is 0.633. The molecule has 2 saturated heterocycles. The molecule has 2 N–H and O–H groups in total. The molecule has 27 heavy (non-hydrogen) atoms. The number of carbonyl (C=O) groups is 1. The fourth-order valence-corrected chi connectivity index (χ4v) is 4.60. The van der Waals surface area contributed by atoms with Crippen molar-refractivity contribution in [2.45, 2.75) is 26.3 Å². The predicted molar refractivity (Wildman–Crippen MR) is 108 cm³/mol. The Kier molecular flexibility index (Phi) is 5.72. The van der Waals surface area contributed by atoms with Crippen molar-refractivity contribution in [2.75, 3.05) is 19.6 Å². The van der Waals surface area contributed by atoms with Crippen molar-refractivity contribution in [2.24, 2.45) is 11.8 Å². The molecule has 0 bridgehead atoms. The van der Waals surface area contributed by atoms with E-state index in [1.165, 1.54) is 17.2 Å². The second-order valence-corrected chi connectivity index (χ2v) is 7.41. The van der Waals surface area contributed by atoms with Crippen molar-refractivity contribution < 1.29 is 4.79 Å². The number of amides is 1. The average molecular weight is 388 g/mol. The van der Waals surface area contributed by atoms with Crippen LogP contribution < -0.4 is 10.9 Å². The Labute approximate surface area is 165 Å². The van der Waals surface area contributed by atoms with Gasteiger partial charge in [-0.25, -0.2) is 0 Å². The summed E-state index contributed by atoms with van der Waals surface area (Å²) in [5.41, 5.74) is 3.65. The lowest BCUT2D eigenvalue weighted by Gasteiger charge is -2.30. The van der Waals surface area contributed by atoms with E-state index in [0.29, 0.717) is 23.8 Å². The first-order valence-corrected chi connectivity index (χ1v) is 9.39. The lowest BCUT2D eigenvalue weighted by atomic mass is 9.87. The number of halogens is 1. The first kappa shape index (κ1) is 19.6. The normalized spacial score (nSPS) is 23.8. The van der Waals surface area contributed by atoms with Crippen molar-refractivity contribution in [3.8, 4) is 0 Å². The lowest BCUT2D eigenvalue weighted by Crippen LogP contribution is -2.36. The molecule has 0 saturated carbocycles. The predicted octanol–water partition coefficient (Wildman–Crippen LogP) is 2.70. The molecule has 1 aromatic heterocycles. The summed E-state index contributed by atoms with van der Waals surface area (Å²) in [6, 6.07) is 11.6. The Morgan fingerprint density at radius 1 is 1.19 bits per heavy atom. The van der Waals surface area contributed by atoms with Gasteiger partial charge in [-0.2, -0.15) is 0 Å². The number of aromatic nitrogens is 1. The molecule has 1 amide bonds. The van der Waals surface area contributed by atoms with E-state index in [1.54, 1.807) is 6.07 Å². The number of pyridine rings is 1. The van der Waals surface area contributed by atoms with Gasteiger partial charge in [-0.3, -0.25) is 9.59 Å². The molecule has 2 fully saturated rings. The maximum atomic E-state index is 13.4. The third-order valence-corrected chi connectivity index (χ3v) is 5.92. The summed E-state index contributed by atoms with van der Waals surface area (Å²) in [6.45, 7) is 6.75. The maximum absolute atomic E-state index is 13.4. The summed E-state index contributed by atoms with van der Waals surface area (Å²) in [5.74, 6) is 0.949. The molecule has 0 spiro atoms. The summed E-state index contributed by atoms with van der Waals surface area (Å²) >= 11 is 0. The number of fused-ring (bicyclic) bond motifs is 1. The highest BCUT2D eigenvalue weighted by molar-refractivity contribution is 5.95. The van der Waals surface area contributed by atoms with E-state index >= 15 is 0 Å². The second-order valence-electron chi connectivity index (χ2n) is 7.41. The largest absolute Gasteiger partial charge is 0.331 e. The van der Waals surface area contributed by atoms with Gasteiger partial charge in [-0.15, -0.1) is 12.4 Å². The van der Waals surface area contributed by atoms with Gasteiger partial charge in [-0.1, -0.05) is 31.2 Å². The van der Waals surface area contributed by atoms with Gasteiger partial charge in [0.15, 0.2) is 0 Å². The van der Waals surface area contributed by atoms with Crippen LogP contribution in [0.5, 0.6) is 0 Å². The van der Waals surface area contributed by atoms with Crippen LogP contribution in [0.2, 0.25) is 0 Å². The zero-order chi connectivity index (χ0) is 18.3. The van der Waals surface area contributed by atoms with Crippen molar-refractivity contribution in [3.05, 3.63) is 69.1 Å². The Hall–Kier alpha value is -2.11. The number of likely N-dealkylation sites (tertiary alicyclic amines) is 1. The van der Waals surface area contributed by atoms with E-state index in [4.69, 9.17) is 0 Å². The van der Waals surface area contributed by atoms with Crippen LogP contribution in [0.15, 0.2) is 41.2 Å². The van der Waals surface area contributed by atoms with E-state index in [1.807, 2.05) is 17.9 Å². The van der Waals surface area contributed by atoms with Gasteiger partial charge < -0.3 is 15.2 Å². The monoisotopic (exact) mass is 387 g/mol. The van der Waals surface area contributed by atoms with E-state index in [-0.39, 0.29) is 29.9 Å². The summed E-state index contributed by atoms with van der Waals surface area (Å²) in [5, 5.41) is 3.49. The third-order valence-electron chi connectivity index (χ3n) is 5.92. The Morgan fingerprint density at radius 2 is 1.96 bits per heavy atom. The van der Waals surface area contributed by atoms with E-state index in [2.05, 4.69) is 35.4 Å². The number of aromatic amines is 1. The molecule has 2 aliphatic heterocycles. The minimum absolute atomic E-state index is 0. The zero-order valence-electron chi connectivity index (χ0n) is 15.7. The first-order chi connectivity index (χ1) is 12.6. The number of carbonyl (C=O) groups excluding carboxylic acids is 1. The van der Waals surface area contributed by atoms with Crippen LogP contribution >= 0.6 is 12.4 Å². The smallest absolute Gasteiger partial charge is 0.256 e. The number of benzene rings is 1. The number of hydrogen-bond acceptors (Lipinski definition) is 3. The molecule has 1 aromatic carbocycles. The van der Waals surface area contributed by atoms with Crippen LogP contribution in [0.4, 0.5) is 0 Å². The number of nitrogens with zero attached hydrogens (tertiary/aromatic N) is 1. The number of hydrogen-bond donors (Lipinski definition) is 2. The molecule has 144 valence electrons. The zero-order valence-corrected chi connectivity index (χ0v) is 16.5. The molecule has 5 nitrogen and oxygen atoms in total. The number of H-pyrrole nitrogens is 1. The SMILES string of the molecule is CCc1[nH]c(=O)ccc1C(=O)N1C[C@@H]2CNC[C@@H]2[C@H]1c1ccccc1C.Cl. The molecule has 0 aliphatic carbocycles. The number of aryl methyl sites for hydroxylation is 2. The van der Waals surface area contributed by atoms with Crippen LogP contribution in [0.25, 0.3) is 0 Å². The Balaban J connectivity index is 0.00000210. The fourth-order valence-electron chi connectivity index (χ4n) is 4.60. The third kappa shape index (κ3) is 3.42. The minimum Gasteiger partial charge on any atom is -0.331 e. The van der Waals surface area contributed by atoms with Crippen LogP contribution in [-0.2, 0) is 6.42 Å². The van der Waals surface area contributed by atoms with Crippen LogP contribution in [0.1, 0.15) is 40.1 Å². The van der Waals surface area contributed by atoms with Crippen LogP contribution in [0, 0.1) is 18.8 Å². The second kappa shape index (κ2) is 7.87. The van der Waals surface area contributed by atoms with Gasteiger partial charge in [-0.05, 0) is 36.5 Å². The van der Waals surface area contributed by atoms with Gasteiger partial charge in [0.2, 0.25) is 5.56 Å². The van der Waals surface area contributed by atoms with Crippen molar-refractivity contribution in [1.82, 2.24) is 15.2 Å². The molecular formula is C21H26ClN3O2. The average Bonchev–Trinajstić information content (AvgIpc) is 3.23. The fraction of sp³-hybridized carbons (Fsp3) is 0.429. The quantitative estimate of drug-likeness (QED) is 0.851. The van der Waals surface area contributed by atoms with Gasteiger partial charge in [0.1, 0.15) is 0 Å². The molecule has 2 aliphatic rings. The van der Waals surface area contributed by atoms with Gasteiger partial charge in [0.25, 0.3) is 5.91 Å². The molecule has 4 rings (SSSR count). The molecular weight excluding hydrogens is 362 g/mol. The topological polar surface area (TPSA) is 65.2 Å². The molecule has 3 heterocycles. The van der Waals surface area contributed by atoms with Crippen molar-refractivity contribution >= 4 is 18.3 Å². The highest BCUT2D eigenvalue weighted by Gasteiger charge is 2.47. The Morgan fingerprint density at radius 3 is 2.70 bits per heavy atom. The number of nitrogens with one attached hydrogen (secondary N) is 2. The maximum Gasteiger partial charge on any atom is 0.256 e. The lowest BCUT2D eigenvalue weighted by molar-refractivity contribution is 0.0712. The van der Waals surface area contributed by atoms with Crippen molar-refractivity contribution in [1.29, 1.82) is 0 Å². The van der Waals surface area contributed by atoms with E-state index in [9.17, 15) is 9.59 Å². The highest BCUT2D eigenvalue weighted by atomic mass is 35.5. The van der Waals surface area contributed by atoms with E-state index in [0.717, 1.165) is 25.3 Å². The summed E-state index contributed by atoms with van der Waals surface area (Å²) in [7, 11) is 0. The van der Waals surface area contributed by atoms with Crippen LogP contribution in [-0.4, -0.2) is 35.4 Å². The summed E-state index contributed by atoms with van der Waals surface area (Å²) < 4.78 is 0. The molecule has 0 radical (unpaired) electrons. The van der Waals surface area contributed by atoms with E-state index < -0.39 is 0 Å². The van der Waals surface area contributed by atoms with Crippen molar-refractivity contribution in [3.63, 3.8) is 0 Å². The molecule has 2 aromatic rings. The Bertz CT molecular complexity index is 895. The van der Waals surface area contributed by atoms with Crippen LogP contribution in [0.3, 0.4) is 0 Å². The van der Waals surface area contributed by atoms with Gasteiger partial charge in [0, 0.05) is 37.3 Å². The molecule has 6 heteroatoms.